The van der Waals surface area contributed by atoms with E-state index in [9.17, 15) is 18.0 Å². The van der Waals surface area contributed by atoms with Gasteiger partial charge in [-0.2, -0.15) is 13.2 Å². The van der Waals surface area contributed by atoms with Crippen LogP contribution in [-0.4, -0.2) is 29.0 Å². The fraction of sp³-hybridized carbons (Fsp3) is 0.375. The second-order valence-electron chi connectivity index (χ2n) is 5.46. The molecule has 0 saturated carbocycles. The van der Waals surface area contributed by atoms with Gasteiger partial charge in [0.2, 0.25) is 5.89 Å². The molecule has 1 amide bonds. The van der Waals surface area contributed by atoms with Crippen LogP contribution in [0.15, 0.2) is 28.7 Å². The molecule has 130 valence electrons. The molecule has 0 aliphatic rings. The number of nitrogens with zero attached hydrogens (tertiary/aromatic N) is 2. The largest absolute Gasteiger partial charge is 0.471 e. The van der Waals surface area contributed by atoms with Crippen LogP contribution in [0.4, 0.5) is 18.9 Å². The number of anilines is 1. The molecule has 5 nitrogen and oxygen atoms in total. The summed E-state index contributed by atoms with van der Waals surface area (Å²) in [6.07, 6.45) is -4.87. The summed E-state index contributed by atoms with van der Waals surface area (Å²) >= 11 is 0. The quantitative estimate of drug-likeness (QED) is 0.905. The van der Waals surface area contributed by atoms with Crippen molar-refractivity contribution in [1.82, 2.24) is 9.88 Å². The topological polar surface area (TPSA) is 58.4 Å². The molecule has 0 aliphatic carbocycles. The summed E-state index contributed by atoms with van der Waals surface area (Å²) < 4.78 is 42.7. The number of alkyl halides is 3. The van der Waals surface area contributed by atoms with Gasteiger partial charge < -0.3 is 14.6 Å². The van der Waals surface area contributed by atoms with Crippen LogP contribution in [0, 0.1) is 13.8 Å². The molecule has 0 atom stereocenters. The number of amides is 1. The molecule has 0 radical (unpaired) electrons. The summed E-state index contributed by atoms with van der Waals surface area (Å²) in [6, 6.07) is 6.82. The monoisotopic (exact) mass is 341 g/mol. The summed E-state index contributed by atoms with van der Waals surface area (Å²) in [5.74, 6) is -0.598. The highest BCUT2D eigenvalue weighted by molar-refractivity contribution is 5.81. The Kier molecular flexibility index (Phi) is 5.16. The number of carbonyl (C=O) groups is 1. The first-order valence-electron chi connectivity index (χ1n) is 7.25. The van der Waals surface area contributed by atoms with Gasteiger partial charge >= 0.3 is 12.1 Å². The van der Waals surface area contributed by atoms with Crippen molar-refractivity contribution >= 4 is 11.6 Å². The standard InChI is InChI=1S/C16H18F3N3O2/c1-10-11(2)24-14(21-10)8-20-13-6-4-5-12(7-13)9-22(3)15(23)16(17,18)19/h4-7,20H,8-9H2,1-3H3. The summed E-state index contributed by atoms with van der Waals surface area (Å²) in [4.78, 5) is 16.0. The number of hydrogen-bond donors (Lipinski definition) is 1. The van der Waals surface area contributed by atoms with Gasteiger partial charge in [0.05, 0.1) is 12.2 Å². The SMILES string of the molecule is Cc1nc(CNc2cccc(CN(C)C(=O)C(F)(F)F)c2)oc1C. The molecule has 0 aliphatic heterocycles. The molecule has 1 N–H and O–H groups in total. The third-order valence-electron chi connectivity index (χ3n) is 3.45. The highest BCUT2D eigenvalue weighted by atomic mass is 19.4. The number of aryl methyl sites for hydroxylation is 2. The van der Waals surface area contributed by atoms with Crippen LogP contribution >= 0.6 is 0 Å². The van der Waals surface area contributed by atoms with Gasteiger partial charge in [0, 0.05) is 19.3 Å². The van der Waals surface area contributed by atoms with Crippen molar-refractivity contribution in [3.8, 4) is 0 Å². The van der Waals surface area contributed by atoms with Gasteiger partial charge in [-0.25, -0.2) is 4.98 Å². The number of hydrogen-bond acceptors (Lipinski definition) is 4. The van der Waals surface area contributed by atoms with Gasteiger partial charge in [0.1, 0.15) is 5.76 Å². The van der Waals surface area contributed by atoms with Crippen LogP contribution in [0.1, 0.15) is 22.9 Å². The Labute approximate surface area is 137 Å². The second kappa shape index (κ2) is 6.94. The third-order valence-corrected chi connectivity index (χ3v) is 3.45. The Bertz CT molecular complexity index is 706. The van der Waals surface area contributed by atoms with E-state index in [2.05, 4.69) is 10.3 Å². The zero-order valence-corrected chi connectivity index (χ0v) is 13.6. The number of aromatic nitrogens is 1. The van der Waals surface area contributed by atoms with E-state index in [0.29, 0.717) is 28.6 Å². The van der Waals surface area contributed by atoms with Crippen molar-refractivity contribution in [2.75, 3.05) is 12.4 Å². The highest BCUT2D eigenvalue weighted by Gasteiger charge is 2.41. The molecule has 0 unspecified atom stereocenters. The summed E-state index contributed by atoms with van der Waals surface area (Å²) in [6.45, 7) is 3.89. The molecule has 1 heterocycles. The molecule has 0 bridgehead atoms. The van der Waals surface area contributed by atoms with Crippen molar-refractivity contribution in [3.63, 3.8) is 0 Å². The van der Waals surface area contributed by atoms with Crippen LogP contribution in [-0.2, 0) is 17.9 Å². The Balaban J connectivity index is 1.99. The molecule has 24 heavy (non-hydrogen) atoms. The molecular weight excluding hydrogens is 323 g/mol. The minimum Gasteiger partial charge on any atom is -0.444 e. The fourth-order valence-corrected chi connectivity index (χ4v) is 2.13. The van der Waals surface area contributed by atoms with Gasteiger partial charge in [-0.05, 0) is 31.5 Å². The molecule has 1 aromatic heterocycles. The molecule has 2 aromatic rings. The third kappa shape index (κ3) is 4.50. The van der Waals surface area contributed by atoms with Gasteiger partial charge in [-0.3, -0.25) is 4.79 Å². The lowest BCUT2D eigenvalue weighted by molar-refractivity contribution is -0.184. The smallest absolute Gasteiger partial charge is 0.444 e. The average molecular weight is 341 g/mol. The lowest BCUT2D eigenvalue weighted by Crippen LogP contribution is -2.37. The Morgan fingerprint density at radius 1 is 1.33 bits per heavy atom. The zero-order chi connectivity index (χ0) is 17.9. The van der Waals surface area contributed by atoms with E-state index in [1.165, 1.54) is 0 Å². The van der Waals surface area contributed by atoms with E-state index in [1.807, 2.05) is 13.8 Å². The summed E-state index contributed by atoms with van der Waals surface area (Å²) in [7, 11) is 1.12. The van der Waals surface area contributed by atoms with Crippen molar-refractivity contribution in [3.05, 3.63) is 47.2 Å². The number of rotatable bonds is 5. The summed E-state index contributed by atoms with van der Waals surface area (Å²) in [5, 5.41) is 3.09. The van der Waals surface area contributed by atoms with Crippen LogP contribution in [0.2, 0.25) is 0 Å². The van der Waals surface area contributed by atoms with Crippen molar-refractivity contribution in [2.45, 2.75) is 33.1 Å². The Morgan fingerprint density at radius 2 is 2.04 bits per heavy atom. The van der Waals surface area contributed by atoms with E-state index in [4.69, 9.17) is 4.42 Å². The molecule has 0 saturated heterocycles. The fourth-order valence-electron chi connectivity index (χ4n) is 2.13. The van der Waals surface area contributed by atoms with Gasteiger partial charge in [-0.15, -0.1) is 0 Å². The second-order valence-corrected chi connectivity index (χ2v) is 5.46. The maximum Gasteiger partial charge on any atom is 0.471 e. The maximum atomic E-state index is 12.4. The first kappa shape index (κ1) is 17.8. The number of halogens is 3. The number of nitrogens with one attached hydrogen (secondary N) is 1. The predicted octanol–water partition coefficient (Wildman–Crippen LogP) is 3.42. The van der Waals surface area contributed by atoms with Crippen molar-refractivity contribution in [1.29, 1.82) is 0 Å². The van der Waals surface area contributed by atoms with Crippen LogP contribution in [0.3, 0.4) is 0 Å². The number of benzene rings is 1. The van der Waals surface area contributed by atoms with Gasteiger partial charge in [0.25, 0.3) is 0 Å². The van der Waals surface area contributed by atoms with E-state index in [-0.39, 0.29) is 6.54 Å². The van der Waals surface area contributed by atoms with Crippen LogP contribution in [0.5, 0.6) is 0 Å². The van der Waals surface area contributed by atoms with Gasteiger partial charge in [-0.1, -0.05) is 12.1 Å². The maximum absolute atomic E-state index is 12.4. The lowest BCUT2D eigenvalue weighted by atomic mass is 10.2. The van der Waals surface area contributed by atoms with E-state index >= 15 is 0 Å². The van der Waals surface area contributed by atoms with Crippen LogP contribution in [0.25, 0.3) is 0 Å². The summed E-state index contributed by atoms with van der Waals surface area (Å²) in [5.41, 5.74) is 2.10. The molecule has 2 rings (SSSR count). The molecule has 0 spiro atoms. The van der Waals surface area contributed by atoms with Crippen molar-refractivity contribution in [2.24, 2.45) is 0 Å². The Morgan fingerprint density at radius 3 is 2.62 bits per heavy atom. The number of carbonyl (C=O) groups excluding carboxylic acids is 1. The Hall–Kier alpha value is -2.51. The molecule has 0 fully saturated rings. The van der Waals surface area contributed by atoms with Crippen LogP contribution < -0.4 is 5.32 Å². The zero-order valence-electron chi connectivity index (χ0n) is 13.6. The normalized spacial score (nSPS) is 11.4. The highest BCUT2D eigenvalue weighted by Crippen LogP contribution is 2.20. The minimum absolute atomic E-state index is 0.134. The average Bonchev–Trinajstić information content (AvgIpc) is 2.82. The number of oxazole rings is 1. The first-order chi connectivity index (χ1) is 11.2. The van der Waals surface area contributed by atoms with E-state index in [0.717, 1.165) is 18.5 Å². The van der Waals surface area contributed by atoms with Gasteiger partial charge in [0.15, 0.2) is 0 Å². The first-order valence-corrected chi connectivity index (χ1v) is 7.25. The predicted molar refractivity (Wildman–Crippen MR) is 82.3 cm³/mol. The molecular formula is C16H18F3N3O2. The van der Waals surface area contributed by atoms with E-state index in [1.54, 1.807) is 24.3 Å². The molecule has 1 aromatic carbocycles. The molecule has 8 heteroatoms. The minimum atomic E-state index is -4.87. The van der Waals surface area contributed by atoms with E-state index < -0.39 is 12.1 Å². The van der Waals surface area contributed by atoms with Crippen molar-refractivity contribution < 1.29 is 22.4 Å². The lowest BCUT2D eigenvalue weighted by Gasteiger charge is -2.19.